The summed E-state index contributed by atoms with van der Waals surface area (Å²) >= 11 is 0. The van der Waals surface area contributed by atoms with Crippen LogP contribution in [0, 0.1) is 11.8 Å². The Balaban J connectivity index is 1.29. The summed E-state index contributed by atoms with van der Waals surface area (Å²) in [5, 5.41) is 16.3. The number of rotatable bonds is 10. The molecule has 0 bridgehead atoms. The molecule has 1 saturated heterocycles. The molecule has 0 spiro atoms. The van der Waals surface area contributed by atoms with Crippen molar-refractivity contribution in [3.8, 4) is 0 Å². The van der Waals surface area contributed by atoms with Crippen LogP contribution >= 0.6 is 0 Å². The highest BCUT2D eigenvalue weighted by Crippen LogP contribution is 2.32. The molecule has 3 N–H and O–H groups in total. The van der Waals surface area contributed by atoms with Crippen molar-refractivity contribution in [2.24, 2.45) is 11.8 Å². The van der Waals surface area contributed by atoms with Crippen LogP contribution in [0.15, 0.2) is 34.7 Å². The molecule has 2 fully saturated rings. The van der Waals surface area contributed by atoms with Crippen LogP contribution in [0.5, 0.6) is 0 Å². The Bertz CT molecular complexity index is 1050. The van der Waals surface area contributed by atoms with Crippen molar-refractivity contribution in [2.45, 2.75) is 57.4 Å². The zero-order valence-electron chi connectivity index (χ0n) is 20.4. The van der Waals surface area contributed by atoms with Gasteiger partial charge >= 0.3 is 6.03 Å². The number of nitrogens with one attached hydrogen (secondary N) is 2. The molecule has 4 rings (SSSR count). The Morgan fingerprint density at radius 2 is 1.94 bits per heavy atom. The van der Waals surface area contributed by atoms with Gasteiger partial charge in [0.15, 0.2) is 0 Å². The maximum atomic E-state index is 13.4. The predicted octanol–water partition coefficient (Wildman–Crippen LogP) is 2.84. The number of benzene rings is 1. The number of amides is 5. The molecule has 5 amide bonds. The van der Waals surface area contributed by atoms with E-state index in [4.69, 9.17) is 4.42 Å². The average Bonchev–Trinajstić information content (AvgIpc) is 3.63. The lowest BCUT2D eigenvalue weighted by atomic mass is 9.91. The van der Waals surface area contributed by atoms with Crippen molar-refractivity contribution in [3.05, 3.63) is 36.1 Å². The Morgan fingerprint density at radius 1 is 1.17 bits per heavy atom. The van der Waals surface area contributed by atoms with Gasteiger partial charge < -0.3 is 14.6 Å². The summed E-state index contributed by atoms with van der Waals surface area (Å²) in [5.74, 6) is -0.276. The van der Waals surface area contributed by atoms with Gasteiger partial charge in [-0.25, -0.2) is 9.86 Å². The minimum absolute atomic E-state index is 0.105. The molecule has 10 heteroatoms. The number of hydrogen-bond donors (Lipinski definition) is 3. The molecule has 10 nitrogen and oxygen atoms in total. The van der Waals surface area contributed by atoms with Gasteiger partial charge in [-0.05, 0) is 37.3 Å². The quantitative estimate of drug-likeness (QED) is 0.262. The second kappa shape index (κ2) is 12.0. The first-order valence-electron chi connectivity index (χ1n) is 12.7. The molecule has 0 radical (unpaired) electrons. The van der Waals surface area contributed by atoms with E-state index in [1.54, 1.807) is 0 Å². The van der Waals surface area contributed by atoms with Gasteiger partial charge in [-0.1, -0.05) is 43.9 Å². The van der Waals surface area contributed by atoms with Crippen LogP contribution in [0.3, 0.4) is 0 Å². The molecule has 2 aromatic rings. The van der Waals surface area contributed by atoms with E-state index in [0.29, 0.717) is 49.6 Å². The molecule has 36 heavy (non-hydrogen) atoms. The minimum Gasteiger partial charge on any atom is -0.461 e. The van der Waals surface area contributed by atoms with Gasteiger partial charge in [-0.3, -0.25) is 24.9 Å². The van der Waals surface area contributed by atoms with Gasteiger partial charge in [0.05, 0.1) is 12.5 Å². The molecular weight excluding hydrogens is 464 g/mol. The van der Waals surface area contributed by atoms with E-state index in [-0.39, 0.29) is 19.0 Å². The van der Waals surface area contributed by atoms with E-state index in [1.807, 2.05) is 30.3 Å². The monoisotopic (exact) mass is 498 g/mol. The van der Waals surface area contributed by atoms with E-state index in [0.717, 1.165) is 42.4 Å². The van der Waals surface area contributed by atoms with E-state index in [2.05, 4.69) is 10.6 Å². The summed E-state index contributed by atoms with van der Waals surface area (Å²) in [5.41, 5.74) is 0.779. The van der Waals surface area contributed by atoms with E-state index in [9.17, 15) is 24.4 Å². The highest BCUT2D eigenvalue weighted by Gasteiger charge is 2.39. The lowest BCUT2D eigenvalue weighted by Gasteiger charge is -2.30. The number of furan rings is 1. The lowest BCUT2D eigenvalue weighted by molar-refractivity contribution is -0.158. The molecule has 0 unspecified atom stereocenters. The van der Waals surface area contributed by atoms with Crippen molar-refractivity contribution in [1.82, 2.24) is 20.6 Å². The first-order chi connectivity index (χ1) is 17.4. The normalized spacial score (nSPS) is 18.8. The fourth-order valence-corrected chi connectivity index (χ4v) is 5.41. The molecule has 1 aromatic carbocycles. The maximum absolute atomic E-state index is 13.4. The third-order valence-electron chi connectivity index (χ3n) is 7.18. The Kier molecular flexibility index (Phi) is 8.58. The first-order valence-corrected chi connectivity index (χ1v) is 12.7. The van der Waals surface area contributed by atoms with Crippen LogP contribution in [-0.2, 0) is 20.8 Å². The number of nitrogens with zero attached hydrogens (tertiary/aromatic N) is 2. The van der Waals surface area contributed by atoms with Crippen molar-refractivity contribution in [1.29, 1.82) is 0 Å². The minimum atomic E-state index is -0.756. The van der Waals surface area contributed by atoms with Crippen LogP contribution in [0.1, 0.15) is 50.7 Å². The van der Waals surface area contributed by atoms with Gasteiger partial charge in [0.1, 0.15) is 17.4 Å². The number of likely N-dealkylation sites (tertiary alicyclic amines) is 1. The number of imide groups is 1. The second-order valence-electron chi connectivity index (χ2n) is 9.75. The Morgan fingerprint density at radius 3 is 2.69 bits per heavy atom. The zero-order valence-corrected chi connectivity index (χ0v) is 20.4. The number of urea groups is 1. The molecule has 194 valence electrons. The number of carbonyl (C=O) groups excluding carboxylic acids is 4. The molecule has 2 heterocycles. The highest BCUT2D eigenvalue weighted by molar-refractivity contribution is 5.99. The fraction of sp³-hybridized carbons (Fsp3) is 0.538. The average molecular weight is 499 g/mol. The molecule has 1 aliphatic heterocycles. The van der Waals surface area contributed by atoms with Crippen molar-refractivity contribution in [2.75, 3.05) is 19.6 Å². The van der Waals surface area contributed by atoms with E-state index < -0.39 is 23.9 Å². The second-order valence-corrected chi connectivity index (χ2v) is 9.75. The molecular formula is C26H34N4O6. The van der Waals surface area contributed by atoms with Gasteiger partial charge in [0.25, 0.3) is 5.91 Å². The third-order valence-corrected chi connectivity index (χ3v) is 7.18. The number of hydrogen-bond acceptors (Lipinski definition) is 6. The third kappa shape index (κ3) is 6.42. The summed E-state index contributed by atoms with van der Waals surface area (Å²) in [6.45, 7) is 0.581. The summed E-state index contributed by atoms with van der Waals surface area (Å²) in [7, 11) is 0. The van der Waals surface area contributed by atoms with Crippen LogP contribution < -0.4 is 10.6 Å². The number of carbonyl (C=O) groups is 4. The topological polar surface area (TPSA) is 132 Å². The van der Waals surface area contributed by atoms with Crippen molar-refractivity contribution >= 4 is 35.2 Å². The standard InChI is InChI=1S/C26H34N4O6/c31-17-29(35)16-20(14-18-6-1-2-7-18)25(33)30-13-5-9-22(30)24(32)28-26(34)27-12-11-21-15-19-8-3-4-10-23(19)36-21/h3-4,8,10,15,17-18,20,22,35H,1-2,5-7,9,11-14,16H2,(H2,27,28,32,34)/t20-,22+/m1/s1. The van der Waals surface area contributed by atoms with Crippen LogP contribution in [0.25, 0.3) is 11.0 Å². The van der Waals surface area contributed by atoms with Gasteiger partial charge in [0, 0.05) is 24.9 Å². The SMILES string of the molecule is O=CN(O)C[C@@H](CC1CCCC1)C(=O)N1CCC[C@H]1C(=O)NC(=O)NCCc1cc2ccccc2o1. The molecule has 1 saturated carbocycles. The van der Waals surface area contributed by atoms with E-state index >= 15 is 0 Å². The molecule has 1 aliphatic carbocycles. The van der Waals surface area contributed by atoms with Crippen LogP contribution in [-0.4, -0.2) is 65.1 Å². The molecule has 2 atom stereocenters. The summed E-state index contributed by atoms with van der Waals surface area (Å²) in [4.78, 5) is 51.0. The van der Waals surface area contributed by atoms with Crippen molar-refractivity contribution in [3.63, 3.8) is 0 Å². The van der Waals surface area contributed by atoms with Crippen LogP contribution in [0.4, 0.5) is 4.79 Å². The molecule has 2 aliphatic rings. The largest absolute Gasteiger partial charge is 0.461 e. The molecule has 1 aromatic heterocycles. The zero-order chi connectivity index (χ0) is 25.5. The highest BCUT2D eigenvalue weighted by atomic mass is 16.5. The predicted molar refractivity (Wildman–Crippen MR) is 131 cm³/mol. The van der Waals surface area contributed by atoms with Crippen LogP contribution in [0.2, 0.25) is 0 Å². The number of fused-ring (bicyclic) bond motifs is 1. The fourth-order valence-electron chi connectivity index (χ4n) is 5.41. The summed E-state index contributed by atoms with van der Waals surface area (Å²) in [6, 6.07) is 8.18. The first kappa shape index (κ1) is 25.7. The van der Waals surface area contributed by atoms with Gasteiger partial charge in [0.2, 0.25) is 12.3 Å². The van der Waals surface area contributed by atoms with Gasteiger partial charge in [-0.2, -0.15) is 0 Å². The number of para-hydroxylation sites is 1. The lowest BCUT2D eigenvalue weighted by Crippen LogP contribution is -2.52. The van der Waals surface area contributed by atoms with Gasteiger partial charge in [-0.15, -0.1) is 0 Å². The van der Waals surface area contributed by atoms with Crippen molar-refractivity contribution < 1.29 is 28.8 Å². The smallest absolute Gasteiger partial charge is 0.321 e. The Labute approximate surface area is 209 Å². The summed E-state index contributed by atoms with van der Waals surface area (Å²) < 4.78 is 5.73. The van der Waals surface area contributed by atoms with E-state index in [1.165, 1.54) is 4.90 Å². The number of hydroxylamine groups is 2. The Hall–Kier alpha value is -3.40. The maximum Gasteiger partial charge on any atom is 0.321 e. The summed E-state index contributed by atoms with van der Waals surface area (Å²) in [6.07, 6.45) is 6.70.